The van der Waals surface area contributed by atoms with E-state index in [-0.39, 0.29) is 33.8 Å². The van der Waals surface area contributed by atoms with Crippen molar-refractivity contribution in [3.63, 3.8) is 0 Å². The summed E-state index contributed by atoms with van der Waals surface area (Å²) < 4.78 is 0. The number of ketones is 2. The van der Waals surface area contributed by atoms with Crippen LogP contribution in [0, 0.1) is 0 Å². The van der Waals surface area contributed by atoms with Crippen molar-refractivity contribution in [3.8, 4) is 11.5 Å². The van der Waals surface area contributed by atoms with Crippen molar-refractivity contribution in [2.75, 3.05) is 18.4 Å². The van der Waals surface area contributed by atoms with Crippen LogP contribution in [0.25, 0.3) is 0 Å². The summed E-state index contributed by atoms with van der Waals surface area (Å²) in [6.07, 6.45) is 0. The monoisotopic (exact) mass is 298 g/mol. The molecule has 0 fully saturated rings. The molecule has 2 aromatic carbocycles. The molecule has 0 spiro atoms. The summed E-state index contributed by atoms with van der Waals surface area (Å²) >= 11 is 0. The molecule has 5 N–H and O–H groups in total. The number of phenolic OH excluding ortho intramolecular Hbond substituents is 2. The van der Waals surface area contributed by atoms with E-state index in [9.17, 15) is 19.8 Å². The molecule has 0 bridgehead atoms. The van der Waals surface area contributed by atoms with Gasteiger partial charge in [-0.15, -0.1) is 0 Å². The van der Waals surface area contributed by atoms with Gasteiger partial charge in [-0.1, -0.05) is 12.1 Å². The summed E-state index contributed by atoms with van der Waals surface area (Å²) in [5, 5.41) is 22.8. The molecule has 1 aliphatic carbocycles. The number of nitrogens with two attached hydrogens (primary N) is 1. The molecule has 0 unspecified atom stereocenters. The molecule has 22 heavy (non-hydrogen) atoms. The van der Waals surface area contributed by atoms with Crippen molar-refractivity contribution in [1.82, 2.24) is 0 Å². The van der Waals surface area contributed by atoms with Gasteiger partial charge in [-0.2, -0.15) is 0 Å². The number of hydrogen-bond donors (Lipinski definition) is 4. The number of hydrogen-bond acceptors (Lipinski definition) is 6. The van der Waals surface area contributed by atoms with E-state index in [1.54, 1.807) is 12.1 Å². The summed E-state index contributed by atoms with van der Waals surface area (Å²) in [7, 11) is 0. The largest absolute Gasteiger partial charge is 0.507 e. The number of benzene rings is 2. The highest BCUT2D eigenvalue weighted by Crippen LogP contribution is 2.39. The predicted octanol–water partition coefficient (Wildman–Crippen LogP) is 1.24. The molecule has 112 valence electrons. The lowest BCUT2D eigenvalue weighted by atomic mass is 9.82. The van der Waals surface area contributed by atoms with Gasteiger partial charge in [-0.25, -0.2) is 0 Å². The standard InChI is InChI=1S/C16H14N2O4/c17-6-7-18-9-3-1-2-8-12(9)16(22)14-11(20)5-4-10(19)13(14)15(8)21/h1-5,18-20H,6-7,17H2. The molecule has 0 atom stereocenters. The third-order valence-electron chi connectivity index (χ3n) is 3.61. The Labute approximate surface area is 126 Å². The predicted molar refractivity (Wildman–Crippen MR) is 80.6 cm³/mol. The molecule has 1 aliphatic rings. The van der Waals surface area contributed by atoms with Crippen LogP contribution < -0.4 is 11.1 Å². The molecule has 0 aromatic heterocycles. The number of fused-ring (bicyclic) bond motifs is 2. The van der Waals surface area contributed by atoms with E-state index in [0.717, 1.165) is 0 Å². The topological polar surface area (TPSA) is 113 Å². The zero-order valence-corrected chi connectivity index (χ0v) is 11.6. The van der Waals surface area contributed by atoms with E-state index in [2.05, 4.69) is 5.32 Å². The van der Waals surface area contributed by atoms with Gasteiger partial charge in [-0.05, 0) is 18.2 Å². The van der Waals surface area contributed by atoms with E-state index in [1.165, 1.54) is 18.2 Å². The van der Waals surface area contributed by atoms with Crippen LogP contribution in [0.1, 0.15) is 31.8 Å². The third kappa shape index (κ3) is 1.93. The molecule has 0 saturated carbocycles. The van der Waals surface area contributed by atoms with Gasteiger partial charge in [0.2, 0.25) is 0 Å². The average Bonchev–Trinajstić information content (AvgIpc) is 2.52. The lowest BCUT2D eigenvalue weighted by molar-refractivity contribution is 0.0974. The second-order valence-corrected chi connectivity index (χ2v) is 4.96. The van der Waals surface area contributed by atoms with Crippen LogP contribution in [0.4, 0.5) is 5.69 Å². The Balaban J connectivity index is 2.25. The minimum atomic E-state index is -0.502. The molecule has 0 radical (unpaired) electrons. The highest BCUT2D eigenvalue weighted by Gasteiger charge is 2.35. The first-order valence-corrected chi connectivity index (χ1v) is 6.77. The second-order valence-electron chi connectivity index (χ2n) is 4.96. The van der Waals surface area contributed by atoms with Crippen molar-refractivity contribution in [3.05, 3.63) is 52.6 Å². The fourth-order valence-electron chi connectivity index (χ4n) is 2.64. The second kappa shape index (κ2) is 5.16. The zero-order valence-electron chi connectivity index (χ0n) is 11.6. The van der Waals surface area contributed by atoms with Crippen molar-refractivity contribution in [2.24, 2.45) is 5.73 Å². The van der Waals surface area contributed by atoms with Crippen LogP contribution >= 0.6 is 0 Å². The van der Waals surface area contributed by atoms with Gasteiger partial charge < -0.3 is 21.3 Å². The van der Waals surface area contributed by atoms with Crippen LogP contribution in [-0.4, -0.2) is 34.9 Å². The maximum atomic E-state index is 12.7. The van der Waals surface area contributed by atoms with Crippen molar-refractivity contribution < 1.29 is 19.8 Å². The lowest BCUT2D eigenvalue weighted by Gasteiger charge is -2.21. The van der Waals surface area contributed by atoms with Gasteiger partial charge in [0, 0.05) is 24.3 Å². The fourth-order valence-corrected chi connectivity index (χ4v) is 2.64. The molecule has 0 heterocycles. The van der Waals surface area contributed by atoms with Crippen LogP contribution in [0.3, 0.4) is 0 Å². The van der Waals surface area contributed by atoms with Gasteiger partial charge in [0.15, 0.2) is 11.6 Å². The number of anilines is 1. The SMILES string of the molecule is NCCNc1cccc2c1C(=O)c1c(O)ccc(O)c1C2=O. The number of carbonyl (C=O) groups is 2. The Bertz CT molecular complexity index is 799. The fraction of sp³-hybridized carbons (Fsp3) is 0.125. The number of phenols is 2. The van der Waals surface area contributed by atoms with Crippen LogP contribution in [-0.2, 0) is 0 Å². The van der Waals surface area contributed by atoms with Gasteiger partial charge in [0.05, 0.1) is 16.7 Å². The summed E-state index contributed by atoms with van der Waals surface area (Å²) in [5.74, 6) is -1.64. The van der Waals surface area contributed by atoms with E-state index >= 15 is 0 Å². The Kier molecular flexibility index (Phi) is 3.30. The maximum Gasteiger partial charge on any atom is 0.200 e. The Morgan fingerprint density at radius 3 is 2.18 bits per heavy atom. The average molecular weight is 298 g/mol. The van der Waals surface area contributed by atoms with Gasteiger partial charge in [0.25, 0.3) is 0 Å². The van der Waals surface area contributed by atoms with Crippen molar-refractivity contribution in [2.45, 2.75) is 0 Å². The smallest absolute Gasteiger partial charge is 0.200 e. The van der Waals surface area contributed by atoms with Crippen LogP contribution in [0.2, 0.25) is 0 Å². The lowest BCUT2D eigenvalue weighted by Crippen LogP contribution is -2.24. The summed E-state index contributed by atoms with van der Waals surface area (Å²) in [6, 6.07) is 7.23. The first-order valence-electron chi connectivity index (χ1n) is 6.77. The number of rotatable bonds is 3. The van der Waals surface area contributed by atoms with E-state index in [0.29, 0.717) is 18.8 Å². The highest BCUT2D eigenvalue weighted by molar-refractivity contribution is 6.31. The first-order chi connectivity index (χ1) is 10.6. The quantitative estimate of drug-likeness (QED) is 0.541. The van der Waals surface area contributed by atoms with Gasteiger partial charge in [0.1, 0.15) is 11.5 Å². The summed E-state index contributed by atoms with van der Waals surface area (Å²) in [4.78, 5) is 25.3. The number of nitrogens with one attached hydrogen (secondary N) is 1. The van der Waals surface area contributed by atoms with Crippen molar-refractivity contribution >= 4 is 17.3 Å². The normalized spacial score (nSPS) is 12.8. The van der Waals surface area contributed by atoms with Crippen LogP contribution in [0.15, 0.2) is 30.3 Å². The molecule has 6 heteroatoms. The molecule has 3 rings (SSSR count). The number of aromatic hydroxyl groups is 2. The van der Waals surface area contributed by atoms with Gasteiger partial charge in [-0.3, -0.25) is 9.59 Å². The molecule has 6 nitrogen and oxygen atoms in total. The third-order valence-corrected chi connectivity index (χ3v) is 3.61. The molecular weight excluding hydrogens is 284 g/mol. The Hall–Kier alpha value is -2.86. The Morgan fingerprint density at radius 1 is 0.909 bits per heavy atom. The van der Waals surface area contributed by atoms with Crippen LogP contribution in [0.5, 0.6) is 11.5 Å². The summed E-state index contributed by atoms with van der Waals surface area (Å²) in [6.45, 7) is 0.811. The van der Waals surface area contributed by atoms with Gasteiger partial charge >= 0.3 is 0 Å². The molecular formula is C16H14N2O4. The summed E-state index contributed by atoms with van der Waals surface area (Å²) in [5.41, 5.74) is 5.99. The van der Waals surface area contributed by atoms with Crippen molar-refractivity contribution in [1.29, 1.82) is 0 Å². The highest BCUT2D eigenvalue weighted by atomic mass is 16.3. The first kappa shape index (κ1) is 14.1. The molecule has 0 amide bonds. The minimum Gasteiger partial charge on any atom is -0.507 e. The minimum absolute atomic E-state index is 0.159. The van der Waals surface area contributed by atoms with E-state index in [1.807, 2.05) is 0 Å². The Morgan fingerprint density at radius 2 is 1.55 bits per heavy atom. The molecule has 0 aliphatic heterocycles. The van der Waals surface area contributed by atoms with E-state index < -0.39 is 11.6 Å². The maximum absolute atomic E-state index is 12.7. The molecule has 0 saturated heterocycles. The zero-order chi connectivity index (χ0) is 15.9. The molecule has 2 aromatic rings. The number of carbonyl (C=O) groups excluding carboxylic acids is 2. The van der Waals surface area contributed by atoms with E-state index in [4.69, 9.17) is 5.73 Å².